The molecule has 0 saturated heterocycles. The van der Waals surface area contributed by atoms with E-state index in [1.165, 1.54) is 12.1 Å². The van der Waals surface area contributed by atoms with Gasteiger partial charge in [0.05, 0.1) is 4.90 Å². The Labute approximate surface area is 139 Å². The molecule has 2 aromatic rings. The van der Waals surface area contributed by atoms with Crippen LogP contribution in [0.25, 0.3) is 0 Å². The van der Waals surface area contributed by atoms with Crippen LogP contribution < -0.4 is 11.2 Å². The highest BCUT2D eigenvalue weighted by molar-refractivity contribution is 7.89. The van der Waals surface area contributed by atoms with E-state index >= 15 is 0 Å². The van der Waals surface area contributed by atoms with Gasteiger partial charge in [-0.3, -0.25) is 10.0 Å². The molecule has 1 aliphatic heterocycles. The number of nitrogens with two attached hydrogens (primary N) is 1. The molecular weight excluding hydrogens is 330 g/mol. The highest BCUT2D eigenvalue weighted by Gasteiger charge is 2.39. The molecular formula is C16H17N3O4S. The summed E-state index contributed by atoms with van der Waals surface area (Å²) in [4.78, 5) is 12.1. The van der Waals surface area contributed by atoms with Gasteiger partial charge in [0, 0.05) is 12.2 Å². The third-order valence-corrected chi connectivity index (χ3v) is 5.93. The van der Waals surface area contributed by atoms with Gasteiger partial charge in [0.25, 0.3) is 5.91 Å². The van der Waals surface area contributed by atoms with Crippen LogP contribution in [0.3, 0.4) is 0 Å². The Morgan fingerprint density at radius 2 is 1.88 bits per heavy atom. The quantitative estimate of drug-likeness (QED) is 0.434. The maximum Gasteiger partial charge on any atom is 0.262 e. The predicted octanol–water partition coefficient (Wildman–Crippen LogP) is 0.890. The number of anilines is 1. The lowest BCUT2D eigenvalue weighted by Crippen LogP contribution is -2.51. The first-order valence-corrected chi connectivity index (χ1v) is 8.75. The standard InChI is InChI=1S/C16H17N3O4S/c17-13-6-3-7-14(9-13)24(22,23)19-10-12-5-2-1-4-11(12)8-15(19)16(20)18-21/h1-7,9,15,21H,8,10,17H2,(H,18,20)/t15-/m1/s1. The monoisotopic (exact) mass is 347 g/mol. The van der Waals surface area contributed by atoms with Crippen molar-refractivity contribution in [1.29, 1.82) is 0 Å². The zero-order chi connectivity index (χ0) is 17.3. The molecule has 0 radical (unpaired) electrons. The molecule has 1 aliphatic rings. The Bertz CT molecular complexity index is 882. The molecule has 8 heteroatoms. The summed E-state index contributed by atoms with van der Waals surface area (Å²) < 4.78 is 27.1. The van der Waals surface area contributed by atoms with Crippen molar-refractivity contribution in [3.8, 4) is 0 Å². The molecule has 24 heavy (non-hydrogen) atoms. The van der Waals surface area contributed by atoms with E-state index in [0.717, 1.165) is 15.4 Å². The largest absolute Gasteiger partial charge is 0.399 e. The molecule has 1 heterocycles. The number of fused-ring (bicyclic) bond motifs is 1. The van der Waals surface area contributed by atoms with E-state index in [0.29, 0.717) is 5.69 Å². The maximum atomic E-state index is 13.0. The second kappa shape index (κ2) is 6.23. The van der Waals surface area contributed by atoms with E-state index in [1.807, 2.05) is 24.3 Å². The molecule has 0 aromatic heterocycles. The van der Waals surface area contributed by atoms with Gasteiger partial charge < -0.3 is 5.73 Å². The summed E-state index contributed by atoms with van der Waals surface area (Å²) in [6.07, 6.45) is 0.185. The Balaban J connectivity index is 2.07. The van der Waals surface area contributed by atoms with Gasteiger partial charge >= 0.3 is 0 Å². The van der Waals surface area contributed by atoms with Crippen LogP contribution in [-0.2, 0) is 27.8 Å². The van der Waals surface area contributed by atoms with Crippen LogP contribution in [0.15, 0.2) is 53.4 Å². The summed E-state index contributed by atoms with van der Waals surface area (Å²) in [5, 5.41) is 8.99. The topological polar surface area (TPSA) is 113 Å². The summed E-state index contributed by atoms with van der Waals surface area (Å²) in [6.45, 7) is 0.0470. The number of benzene rings is 2. The number of hydrogen-bond donors (Lipinski definition) is 3. The molecule has 126 valence electrons. The Kier molecular flexibility index (Phi) is 4.27. The van der Waals surface area contributed by atoms with Crippen LogP contribution >= 0.6 is 0 Å². The number of sulfonamides is 1. The lowest BCUT2D eigenvalue weighted by molar-refractivity contribution is -0.133. The van der Waals surface area contributed by atoms with Crippen molar-refractivity contribution in [2.45, 2.75) is 23.9 Å². The van der Waals surface area contributed by atoms with Gasteiger partial charge in [-0.1, -0.05) is 30.3 Å². The normalized spacial score (nSPS) is 18.0. The number of carbonyl (C=O) groups is 1. The molecule has 1 atom stereocenters. The molecule has 2 aromatic carbocycles. The van der Waals surface area contributed by atoms with Crippen LogP contribution in [0.2, 0.25) is 0 Å². The molecule has 0 saturated carbocycles. The lowest BCUT2D eigenvalue weighted by atomic mass is 9.95. The van der Waals surface area contributed by atoms with Crippen molar-refractivity contribution in [2.24, 2.45) is 0 Å². The Hall–Kier alpha value is -2.42. The van der Waals surface area contributed by atoms with Gasteiger partial charge in [0.1, 0.15) is 6.04 Å². The zero-order valence-electron chi connectivity index (χ0n) is 12.7. The highest BCUT2D eigenvalue weighted by Crippen LogP contribution is 2.29. The number of nitrogens with zero attached hydrogens (tertiary/aromatic N) is 1. The average molecular weight is 347 g/mol. The van der Waals surface area contributed by atoms with Crippen LogP contribution in [0.5, 0.6) is 0 Å². The van der Waals surface area contributed by atoms with E-state index in [2.05, 4.69) is 0 Å². The summed E-state index contributed by atoms with van der Waals surface area (Å²) >= 11 is 0. The number of nitrogens with one attached hydrogen (secondary N) is 1. The van der Waals surface area contributed by atoms with Crippen molar-refractivity contribution in [3.63, 3.8) is 0 Å². The minimum atomic E-state index is -3.95. The predicted molar refractivity (Wildman–Crippen MR) is 87.4 cm³/mol. The van der Waals surface area contributed by atoms with Gasteiger partial charge in [0.2, 0.25) is 10.0 Å². The van der Waals surface area contributed by atoms with Crippen molar-refractivity contribution >= 4 is 21.6 Å². The van der Waals surface area contributed by atoms with Crippen LogP contribution in [0.4, 0.5) is 5.69 Å². The molecule has 1 amide bonds. The molecule has 0 fully saturated rings. The smallest absolute Gasteiger partial charge is 0.262 e. The first-order chi connectivity index (χ1) is 11.4. The van der Waals surface area contributed by atoms with Gasteiger partial charge in [-0.2, -0.15) is 4.31 Å². The fraction of sp³-hybridized carbons (Fsp3) is 0.188. The van der Waals surface area contributed by atoms with E-state index in [9.17, 15) is 13.2 Å². The second-order valence-electron chi connectivity index (χ2n) is 5.59. The first-order valence-electron chi connectivity index (χ1n) is 7.31. The zero-order valence-corrected chi connectivity index (χ0v) is 13.5. The SMILES string of the molecule is Nc1cccc(S(=O)(=O)N2Cc3ccccc3C[C@@H]2C(=O)NO)c1. The van der Waals surface area contributed by atoms with E-state index < -0.39 is 22.0 Å². The molecule has 0 aliphatic carbocycles. The highest BCUT2D eigenvalue weighted by atomic mass is 32.2. The van der Waals surface area contributed by atoms with Gasteiger partial charge in [-0.15, -0.1) is 0 Å². The van der Waals surface area contributed by atoms with Crippen LogP contribution in [-0.4, -0.2) is 29.9 Å². The molecule has 3 rings (SSSR count). The summed E-state index contributed by atoms with van der Waals surface area (Å²) in [7, 11) is -3.95. The van der Waals surface area contributed by atoms with Gasteiger partial charge in [-0.25, -0.2) is 13.9 Å². The van der Waals surface area contributed by atoms with Crippen LogP contribution in [0, 0.1) is 0 Å². The average Bonchev–Trinajstić information content (AvgIpc) is 2.60. The van der Waals surface area contributed by atoms with Gasteiger partial charge in [-0.05, 0) is 35.7 Å². The van der Waals surface area contributed by atoms with Gasteiger partial charge in [0.15, 0.2) is 0 Å². The molecule has 0 spiro atoms. The number of carbonyl (C=O) groups excluding carboxylic acids is 1. The number of rotatable bonds is 3. The van der Waals surface area contributed by atoms with Crippen molar-refractivity contribution in [3.05, 3.63) is 59.7 Å². The lowest BCUT2D eigenvalue weighted by Gasteiger charge is -2.34. The van der Waals surface area contributed by atoms with Crippen molar-refractivity contribution in [2.75, 3.05) is 5.73 Å². The van der Waals surface area contributed by atoms with E-state index in [4.69, 9.17) is 10.9 Å². The van der Waals surface area contributed by atoms with Crippen molar-refractivity contribution in [1.82, 2.24) is 9.79 Å². The first kappa shape index (κ1) is 16.4. The van der Waals surface area contributed by atoms with E-state index in [-0.39, 0.29) is 17.9 Å². The number of nitrogen functional groups attached to an aromatic ring is 1. The van der Waals surface area contributed by atoms with E-state index in [1.54, 1.807) is 17.6 Å². The number of hydroxylamine groups is 1. The summed E-state index contributed by atoms with van der Waals surface area (Å²) in [5.41, 5.74) is 9.26. The van der Waals surface area contributed by atoms with Crippen molar-refractivity contribution < 1.29 is 18.4 Å². The fourth-order valence-corrected chi connectivity index (χ4v) is 4.48. The maximum absolute atomic E-state index is 13.0. The second-order valence-corrected chi connectivity index (χ2v) is 7.48. The Morgan fingerprint density at radius 1 is 1.17 bits per heavy atom. The molecule has 4 N–H and O–H groups in total. The molecule has 7 nitrogen and oxygen atoms in total. The summed E-state index contributed by atoms with van der Waals surface area (Å²) in [6, 6.07) is 12.2. The Morgan fingerprint density at radius 3 is 2.54 bits per heavy atom. The minimum absolute atomic E-state index is 0.0117. The third kappa shape index (κ3) is 2.86. The fourth-order valence-electron chi connectivity index (χ4n) is 2.86. The van der Waals surface area contributed by atoms with Crippen LogP contribution in [0.1, 0.15) is 11.1 Å². The number of amides is 1. The minimum Gasteiger partial charge on any atom is -0.399 e. The number of hydrogen-bond acceptors (Lipinski definition) is 5. The molecule has 0 unspecified atom stereocenters. The molecule has 0 bridgehead atoms. The third-order valence-electron chi connectivity index (χ3n) is 4.08. The summed E-state index contributed by atoms with van der Waals surface area (Å²) in [5.74, 6) is -0.767.